The van der Waals surface area contributed by atoms with Gasteiger partial charge in [-0.1, -0.05) is 6.07 Å². The zero-order valence-electron chi connectivity index (χ0n) is 25.6. The van der Waals surface area contributed by atoms with Crippen molar-refractivity contribution in [1.82, 2.24) is 24.6 Å². The predicted octanol–water partition coefficient (Wildman–Crippen LogP) is 5.67. The Morgan fingerprint density at radius 2 is 1.79 bits per heavy atom. The molecule has 0 radical (unpaired) electrons. The number of anilines is 1. The second-order valence-electron chi connectivity index (χ2n) is 12.6. The molecule has 2 aliphatic heterocycles. The van der Waals surface area contributed by atoms with Crippen molar-refractivity contribution >= 4 is 28.6 Å². The van der Waals surface area contributed by atoms with Crippen LogP contribution in [0.15, 0.2) is 36.5 Å². The van der Waals surface area contributed by atoms with Crippen LogP contribution >= 0.6 is 0 Å². The lowest BCUT2D eigenvalue weighted by molar-refractivity contribution is 0.0176. The first-order chi connectivity index (χ1) is 20.1. The standard InChI is InChI=1S/C32H44N6O4/c1-22-7-6-8-26(33-22)30(39)34-28-19-24-21-38(35-27(24)20-29(28)41-5)25-12-15-36(16-13-25)14-9-23-10-17-37(18-11-23)31(40)42-32(2,3)4/h6-8,19-21,23,25H,9-18H2,1-5H3,(H,34,39). The molecular formula is C32H44N6O4. The van der Waals surface area contributed by atoms with Gasteiger partial charge in [-0.25, -0.2) is 9.78 Å². The molecule has 2 fully saturated rings. The van der Waals surface area contributed by atoms with Crippen LogP contribution in [0.25, 0.3) is 10.9 Å². The average Bonchev–Trinajstić information content (AvgIpc) is 3.38. The third-order valence-corrected chi connectivity index (χ3v) is 8.26. The Labute approximate surface area is 248 Å². The third kappa shape index (κ3) is 7.40. The van der Waals surface area contributed by atoms with Gasteiger partial charge in [0.05, 0.1) is 24.4 Å². The van der Waals surface area contributed by atoms with E-state index in [0.29, 0.717) is 29.1 Å². The van der Waals surface area contributed by atoms with Crippen LogP contribution in [0.5, 0.6) is 5.75 Å². The smallest absolute Gasteiger partial charge is 0.410 e. The van der Waals surface area contributed by atoms with Crippen molar-refractivity contribution < 1.29 is 19.1 Å². The van der Waals surface area contributed by atoms with Crippen LogP contribution in [0.4, 0.5) is 10.5 Å². The van der Waals surface area contributed by atoms with Crippen LogP contribution < -0.4 is 10.1 Å². The quantitative estimate of drug-likeness (QED) is 0.386. The van der Waals surface area contributed by atoms with E-state index in [2.05, 4.69) is 26.1 Å². The molecule has 3 aromatic rings. The summed E-state index contributed by atoms with van der Waals surface area (Å²) >= 11 is 0. The number of aromatic nitrogens is 3. The molecule has 0 spiro atoms. The lowest BCUT2D eigenvalue weighted by Gasteiger charge is -2.36. The van der Waals surface area contributed by atoms with E-state index in [4.69, 9.17) is 14.6 Å². The van der Waals surface area contributed by atoms with E-state index >= 15 is 0 Å². The number of piperidine rings is 2. The molecule has 2 saturated heterocycles. The zero-order valence-corrected chi connectivity index (χ0v) is 25.6. The maximum atomic E-state index is 12.8. The minimum Gasteiger partial charge on any atom is -0.494 e. The summed E-state index contributed by atoms with van der Waals surface area (Å²) in [4.78, 5) is 33.9. The molecule has 0 bridgehead atoms. The van der Waals surface area contributed by atoms with Crippen LogP contribution in [-0.4, -0.2) is 82.0 Å². The topological polar surface area (TPSA) is 102 Å². The summed E-state index contributed by atoms with van der Waals surface area (Å²) < 4.78 is 13.2. The van der Waals surface area contributed by atoms with Gasteiger partial charge < -0.3 is 24.6 Å². The molecule has 10 heteroatoms. The van der Waals surface area contributed by atoms with E-state index in [0.717, 1.165) is 75.0 Å². The number of hydrogen-bond acceptors (Lipinski definition) is 7. The Kier molecular flexibility index (Phi) is 9.01. The number of methoxy groups -OCH3 is 1. The van der Waals surface area contributed by atoms with Crippen molar-refractivity contribution in [2.75, 3.05) is 45.2 Å². The van der Waals surface area contributed by atoms with Gasteiger partial charge in [0.15, 0.2) is 0 Å². The fraction of sp³-hybridized carbons (Fsp3) is 0.562. The van der Waals surface area contributed by atoms with Crippen molar-refractivity contribution in [3.05, 3.63) is 47.9 Å². The van der Waals surface area contributed by atoms with Crippen LogP contribution in [0.3, 0.4) is 0 Å². The molecule has 0 saturated carbocycles. The number of carbonyl (C=O) groups excluding carboxylic acids is 2. The number of benzene rings is 1. The Hall–Kier alpha value is -3.66. The third-order valence-electron chi connectivity index (χ3n) is 8.26. The van der Waals surface area contributed by atoms with Crippen LogP contribution in [0, 0.1) is 12.8 Å². The van der Waals surface area contributed by atoms with Crippen LogP contribution in [0.2, 0.25) is 0 Å². The van der Waals surface area contributed by atoms with Crippen molar-refractivity contribution in [3.8, 4) is 5.75 Å². The molecule has 2 amide bonds. The highest BCUT2D eigenvalue weighted by Crippen LogP contribution is 2.32. The molecule has 2 aliphatic rings. The molecule has 0 atom stereocenters. The first kappa shape index (κ1) is 29.8. The van der Waals surface area contributed by atoms with Crippen molar-refractivity contribution in [3.63, 3.8) is 0 Å². The summed E-state index contributed by atoms with van der Waals surface area (Å²) in [5.41, 5.74) is 2.16. The first-order valence-corrected chi connectivity index (χ1v) is 15.1. The van der Waals surface area contributed by atoms with Crippen molar-refractivity contribution in [2.45, 2.75) is 71.4 Å². The number of ether oxygens (including phenoxy) is 2. The summed E-state index contributed by atoms with van der Waals surface area (Å²) in [7, 11) is 1.60. The number of amides is 2. The van der Waals surface area contributed by atoms with Crippen LogP contribution in [-0.2, 0) is 4.74 Å². The number of nitrogens with one attached hydrogen (secondary N) is 1. The van der Waals surface area contributed by atoms with E-state index < -0.39 is 5.60 Å². The Balaban J connectivity index is 1.12. The molecule has 1 N–H and O–H groups in total. The van der Waals surface area contributed by atoms with Gasteiger partial charge in [-0.2, -0.15) is 5.10 Å². The SMILES string of the molecule is COc1cc2nn(C3CCN(CCC4CCN(C(=O)OC(C)(C)C)CC4)CC3)cc2cc1NC(=O)c1cccc(C)n1. The molecule has 2 aromatic heterocycles. The van der Waals surface area contributed by atoms with Crippen molar-refractivity contribution in [1.29, 1.82) is 0 Å². The molecule has 0 unspecified atom stereocenters. The largest absolute Gasteiger partial charge is 0.494 e. The number of rotatable bonds is 7. The molecule has 226 valence electrons. The molecule has 4 heterocycles. The lowest BCUT2D eigenvalue weighted by Crippen LogP contribution is -2.42. The van der Waals surface area contributed by atoms with Crippen LogP contribution in [0.1, 0.15) is 75.1 Å². The summed E-state index contributed by atoms with van der Waals surface area (Å²) in [5.74, 6) is 0.953. The average molecular weight is 577 g/mol. The molecular weight excluding hydrogens is 532 g/mol. The van der Waals surface area contributed by atoms with E-state index in [1.807, 2.05) is 56.9 Å². The first-order valence-electron chi connectivity index (χ1n) is 15.1. The second-order valence-corrected chi connectivity index (χ2v) is 12.6. The minimum absolute atomic E-state index is 0.187. The van der Waals surface area contributed by atoms with E-state index in [1.165, 1.54) is 6.42 Å². The Bertz CT molecular complexity index is 1400. The Morgan fingerprint density at radius 3 is 2.45 bits per heavy atom. The molecule has 1 aromatic carbocycles. The fourth-order valence-corrected chi connectivity index (χ4v) is 5.88. The van der Waals surface area contributed by atoms with Crippen molar-refractivity contribution in [2.24, 2.45) is 5.92 Å². The summed E-state index contributed by atoms with van der Waals surface area (Å²) in [6.45, 7) is 12.4. The van der Waals surface area contributed by atoms with Gasteiger partial charge in [-0.05, 0) is 90.5 Å². The highest BCUT2D eigenvalue weighted by molar-refractivity contribution is 6.05. The maximum absolute atomic E-state index is 12.8. The van der Waals surface area contributed by atoms with E-state index in [1.54, 1.807) is 13.2 Å². The molecule has 5 rings (SSSR count). The zero-order chi connectivity index (χ0) is 29.9. The predicted molar refractivity (Wildman–Crippen MR) is 163 cm³/mol. The van der Waals surface area contributed by atoms with Gasteiger partial charge in [0.1, 0.15) is 17.0 Å². The van der Waals surface area contributed by atoms with Gasteiger partial charge >= 0.3 is 6.09 Å². The summed E-state index contributed by atoms with van der Waals surface area (Å²) in [6.07, 6.45) is 7.24. The van der Waals surface area contributed by atoms with Gasteiger partial charge in [-0.15, -0.1) is 0 Å². The fourth-order valence-electron chi connectivity index (χ4n) is 5.88. The number of hydrogen-bond donors (Lipinski definition) is 1. The number of pyridine rings is 1. The molecule has 0 aliphatic carbocycles. The maximum Gasteiger partial charge on any atom is 0.410 e. The summed E-state index contributed by atoms with van der Waals surface area (Å²) in [6, 6.07) is 9.54. The molecule has 42 heavy (non-hydrogen) atoms. The normalized spacial score (nSPS) is 17.4. The van der Waals surface area contributed by atoms with Gasteiger partial charge in [-0.3, -0.25) is 9.48 Å². The molecule has 10 nitrogen and oxygen atoms in total. The number of likely N-dealkylation sites (tertiary alicyclic amines) is 2. The monoisotopic (exact) mass is 576 g/mol. The van der Waals surface area contributed by atoms with E-state index in [-0.39, 0.29) is 12.0 Å². The van der Waals surface area contributed by atoms with E-state index in [9.17, 15) is 9.59 Å². The number of nitrogens with zero attached hydrogens (tertiary/aromatic N) is 5. The highest BCUT2D eigenvalue weighted by Gasteiger charge is 2.28. The number of fused-ring (bicyclic) bond motifs is 1. The Morgan fingerprint density at radius 1 is 1.05 bits per heavy atom. The second kappa shape index (κ2) is 12.7. The number of carbonyl (C=O) groups is 2. The minimum atomic E-state index is -0.448. The van der Waals surface area contributed by atoms with Gasteiger partial charge in [0.25, 0.3) is 5.91 Å². The lowest BCUT2D eigenvalue weighted by atomic mass is 9.93. The van der Waals surface area contributed by atoms with Gasteiger partial charge in [0, 0.05) is 49.5 Å². The van der Waals surface area contributed by atoms with Gasteiger partial charge in [0.2, 0.25) is 0 Å². The summed E-state index contributed by atoms with van der Waals surface area (Å²) in [5, 5.41) is 8.79. The highest BCUT2D eigenvalue weighted by atomic mass is 16.6. The number of aryl methyl sites for hydroxylation is 1.